The first-order valence-corrected chi connectivity index (χ1v) is 8.41. The van der Waals surface area contributed by atoms with Crippen molar-refractivity contribution in [3.8, 4) is 0 Å². The Morgan fingerprint density at radius 1 is 0.957 bits per heavy atom. The van der Waals surface area contributed by atoms with E-state index in [4.69, 9.17) is 0 Å². The number of anilines is 1. The number of allylic oxidation sites excluding steroid dienone is 1. The lowest BCUT2D eigenvalue weighted by molar-refractivity contribution is 0.102. The molecule has 1 aliphatic carbocycles. The van der Waals surface area contributed by atoms with Gasteiger partial charge in [-0.1, -0.05) is 36.4 Å². The van der Waals surface area contributed by atoms with Gasteiger partial charge >= 0.3 is 0 Å². The van der Waals surface area contributed by atoms with Crippen LogP contribution in [0, 0.1) is 0 Å². The Morgan fingerprint density at radius 3 is 2.35 bits per heavy atom. The Balaban J connectivity index is 1.84. The smallest absolute Gasteiger partial charge is 0.189 e. The number of ketones is 1. The van der Waals surface area contributed by atoms with Crippen LogP contribution in [0.25, 0.3) is 6.08 Å². The third kappa shape index (κ3) is 3.21. The highest BCUT2D eigenvalue weighted by Crippen LogP contribution is 2.27. The van der Waals surface area contributed by atoms with Gasteiger partial charge in [0.05, 0.1) is 0 Å². The van der Waals surface area contributed by atoms with Crippen molar-refractivity contribution in [3.63, 3.8) is 0 Å². The predicted molar refractivity (Wildman–Crippen MR) is 97.1 cm³/mol. The normalized spacial score (nSPS) is 15.6. The molecule has 0 spiro atoms. The summed E-state index contributed by atoms with van der Waals surface area (Å²) in [6.45, 7) is 6.34. The van der Waals surface area contributed by atoms with Crippen LogP contribution in [0.5, 0.6) is 0 Å². The van der Waals surface area contributed by atoms with Gasteiger partial charge in [0.2, 0.25) is 0 Å². The lowest BCUT2D eigenvalue weighted by Gasteiger charge is -2.21. The zero-order chi connectivity index (χ0) is 16.2. The Hall–Kier alpha value is -2.35. The molecule has 1 aliphatic rings. The zero-order valence-corrected chi connectivity index (χ0v) is 13.9. The molecular formula is C21H23NO. The molecule has 2 aromatic carbocycles. The van der Waals surface area contributed by atoms with Crippen LogP contribution in [0.15, 0.2) is 54.1 Å². The van der Waals surface area contributed by atoms with Crippen LogP contribution < -0.4 is 4.90 Å². The minimum atomic E-state index is 0.180. The SMILES string of the molecule is CCN(CC)c1ccc(C=C2CCc3ccccc3C2=O)cc1. The summed E-state index contributed by atoms with van der Waals surface area (Å²) in [7, 11) is 0. The highest BCUT2D eigenvalue weighted by atomic mass is 16.1. The molecule has 0 N–H and O–H groups in total. The number of hydrogen-bond donors (Lipinski definition) is 0. The molecular weight excluding hydrogens is 282 g/mol. The third-order valence-corrected chi connectivity index (χ3v) is 4.58. The van der Waals surface area contributed by atoms with Gasteiger partial charge in [0.15, 0.2) is 5.78 Å². The number of carbonyl (C=O) groups excluding carboxylic acids is 1. The van der Waals surface area contributed by atoms with E-state index < -0.39 is 0 Å². The highest BCUT2D eigenvalue weighted by molar-refractivity contribution is 6.13. The van der Waals surface area contributed by atoms with Gasteiger partial charge in [-0.2, -0.15) is 0 Å². The number of carbonyl (C=O) groups is 1. The Labute approximate surface area is 138 Å². The van der Waals surface area contributed by atoms with Crippen LogP contribution in [0.2, 0.25) is 0 Å². The number of aryl methyl sites for hydroxylation is 1. The topological polar surface area (TPSA) is 20.3 Å². The molecule has 0 heterocycles. The summed E-state index contributed by atoms with van der Waals surface area (Å²) in [4.78, 5) is 14.9. The largest absolute Gasteiger partial charge is 0.372 e. The molecule has 2 nitrogen and oxygen atoms in total. The van der Waals surface area contributed by atoms with Gasteiger partial charge in [-0.25, -0.2) is 0 Å². The quantitative estimate of drug-likeness (QED) is 0.760. The number of Topliss-reactive ketones (excluding diaryl/α,β-unsaturated/α-hetero) is 1. The van der Waals surface area contributed by atoms with Crippen molar-refractivity contribution in [3.05, 3.63) is 70.8 Å². The van der Waals surface area contributed by atoms with E-state index in [0.717, 1.165) is 42.6 Å². The molecule has 23 heavy (non-hydrogen) atoms. The van der Waals surface area contributed by atoms with Gasteiger partial charge in [-0.3, -0.25) is 4.79 Å². The van der Waals surface area contributed by atoms with E-state index in [1.54, 1.807) is 0 Å². The molecule has 0 unspecified atom stereocenters. The second kappa shape index (κ2) is 6.82. The first kappa shape index (κ1) is 15.5. The number of benzene rings is 2. The van der Waals surface area contributed by atoms with Crippen molar-refractivity contribution < 1.29 is 4.79 Å². The number of hydrogen-bond acceptors (Lipinski definition) is 2. The monoisotopic (exact) mass is 305 g/mol. The molecule has 0 atom stereocenters. The summed E-state index contributed by atoms with van der Waals surface area (Å²) in [5.41, 5.74) is 5.29. The van der Waals surface area contributed by atoms with E-state index in [2.05, 4.69) is 49.1 Å². The Morgan fingerprint density at radius 2 is 1.65 bits per heavy atom. The molecule has 0 saturated carbocycles. The molecule has 0 saturated heterocycles. The van der Waals surface area contributed by atoms with Gasteiger partial charge < -0.3 is 4.90 Å². The number of rotatable bonds is 4. The molecule has 0 aromatic heterocycles. The second-order valence-corrected chi connectivity index (χ2v) is 5.92. The van der Waals surface area contributed by atoms with Gasteiger partial charge in [0.1, 0.15) is 0 Å². The van der Waals surface area contributed by atoms with E-state index in [-0.39, 0.29) is 5.78 Å². The summed E-state index contributed by atoms with van der Waals surface area (Å²) >= 11 is 0. The lowest BCUT2D eigenvalue weighted by atomic mass is 9.86. The van der Waals surface area contributed by atoms with Gasteiger partial charge in [0.25, 0.3) is 0 Å². The maximum absolute atomic E-state index is 12.6. The first-order chi connectivity index (χ1) is 11.2. The molecule has 0 aliphatic heterocycles. The maximum Gasteiger partial charge on any atom is 0.189 e. The summed E-state index contributed by atoms with van der Waals surface area (Å²) in [5, 5.41) is 0. The van der Waals surface area contributed by atoms with Crippen LogP contribution in [0.3, 0.4) is 0 Å². The zero-order valence-electron chi connectivity index (χ0n) is 13.9. The van der Waals surface area contributed by atoms with Crippen molar-refractivity contribution in [2.45, 2.75) is 26.7 Å². The fourth-order valence-corrected chi connectivity index (χ4v) is 3.22. The van der Waals surface area contributed by atoms with Crippen molar-refractivity contribution in [2.75, 3.05) is 18.0 Å². The van der Waals surface area contributed by atoms with Crippen LogP contribution >= 0.6 is 0 Å². The third-order valence-electron chi connectivity index (χ3n) is 4.58. The highest BCUT2D eigenvalue weighted by Gasteiger charge is 2.20. The van der Waals surface area contributed by atoms with Gasteiger partial charge in [-0.15, -0.1) is 0 Å². The number of fused-ring (bicyclic) bond motifs is 1. The minimum absolute atomic E-state index is 0.180. The molecule has 3 rings (SSSR count). The van der Waals surface area contributed by atoms with Crippen molar-refractivity contribution in [2.24, 2.45) is 0 Å². The lowest BCUT2D eigenvalue weighted by Crippen LogP contribution is -2.21. The summed E-state index contributed by atoms with van der Waals surface area (Å²) in [5.74, 6) is 0.180. The van der Waals surface area contributed by atoms with E-state index >= 15 is 0 Å². The van der Waals surface area contributed by atoms with E-state index in [1.165, 1.54) is 11.3 Å². The average molecular weight is 305 g/mol. The van der Waals surface area contributed by atoms with Crippen molar-refractivity contribution in [1.82, 2.24) is 0 Å². The summed E-state index contributed by atoms with van der Waals surface area (Å²) in [6, 6.07) is 16.4. The van der Waals surface area contributed by atoms with E-state index in [9.17, 15) is 4.79 Å². The Kier molecular flexibility index (Phi) is 4.61. The molecule has 2 aromatic rings. The van der Waals surface area contributed by atoms with Crippen LogP contribution in [0.1, 0.15) is 41.8 Å². The molecule has 0 bridgehead atoms. The maximum atomic E-state index is 12.6. The number of nitrogens with zero attached hydrogens (tertiary/aromatic N) is 1. The second-order valence-electron chi connectivity index (χ2n) is 5.92. The van der Waals surface area contributed by atoms with Gasteiger partial charge in [0, 0.05) is 29.9 Å². The van der Waals surface area contributed by atoms with Crippen LogP contribution in [-0.2, 0) is 6.42 Å². The standard InChI is InChI=1S/C21H23NO/c1-3-22(4-2)19-13-9-16(10-14-19)15-18-12-11-17-7-5-6-8-20(17)21(18)23/h5-10,13-15H,3-4,11-12H2,1-2H3. The minimum Gasteiger partial charge on any atom is -0.372 e. The Bertz CT molecular complexity index is 724. The summed E-state index contributed by atoms with van der Waals surface area (Å²) < 4.78 is 0. The first-order valence-electron chi connectivity index (χ1n) is 8.41. The van der Waals surface area contributed by atoms with Crippen molar-refractivity contribution >= 4 is 17.5 Å². The molecule has 0 amide bonds. The van der Waals surface area contributed by atoms with Crippen LogP contribution in [-0.4, -0.2) is 18.9 Å². The fraction of sp³-hybridized carbons (Fsp3) is 0.286. The van der Waals surface area contributed by atoms with E-state index in [1.807, 2.05) is 24.3 Å². The summed E-state index contributed by atoms with van der Waals surface area (Å²) in [6.07, 6.45) is 3.82. The average Bonchev–Trinajstić information content (AvgIpc) is 2.60. The van der Waals surface area contributed by atoms with Crippen molar-refractivity contribution in [1.29, 1.82) is 0 Å². The van der Waals surface area contributed by atoms with Crippen LogP contribution in [0.4, 0.5) is 5.69 Å². The molecule has 0 radical (unpaired) electrons. The van der Waals surface area contributed by atoms with E-state index in [0.29, 0.717) is 0 Å². The fourth-order valence-electron chi connectivity index (χ4n) is 3.22. The molecule has 2 heteroatoms. The molecule has 0 fully saturated rings. The predicted octanol–water partition coefficient (Wildman–Crippen LogP) is 4.75. The van der Waals surface area contributed by atoms with Gasteiger partial charge in [-0.05, 0) is 56.0 Å². The molecule has 118 valence electrons.